The van der Waals surface area contributed by atoms with Crippen LogP contribution in [-0.4, -0.2) is 0 Å². The van der Waals surface area contributed by atoms with Crippen molar-refractivity contribution in [2.24, 2.45) is 0 Å². The number of hydrogen-bond acceptors (Lipinski definition) is 0. The summed E-state index contributed by atoms with van der Waals surface area (Å²) in [6.45, 7) is 0. The van der Waals surface area contributed by atoms with E-state index < -0.39 is 39.5 Å². The van der Waals surface area contributed by atoms with Gasteiger partial charge in [-0.2, -0.15) is 0 Å². The lowest BCUT2D eigenvalue weighted by atomic mass is 10.0. The molecule has 0 saturated heterocycles. The Balaban J connectivity index is 2.52. The fraction of sp³-hybridized carbons (Fsp3) is 0.0769. The van der Waals surface area contributed by atoms with Crippen LogP contribution in [0, 0.1) is 29.1 Å². The van der Waals surface area contributed by atoms with Gasteiger partial charge in [-0.05, 0) is 17.7 Å². The second-order valence-electron chi connectivity index (χ2n) is 3.85. The molecule has 0 heterocycles. The Kier molecular flexibility index (Phi) is 3.89. The van der Waals surface area contributed by atoms with E-state index in [0.29, 0.717) is 18.2 Å². The van der Waals surface area contributed by atoms with Crippen LogP contribution < -0.4 is 0 Å². The minimum Gasteiger partial charge on any atom is -0.207 e. The van der Waals surface area contributed by atoms with Gasteiger partial charge in [0.15, 0.2) is 0 Å². The SMILES string of the molecule is Fc1cc(F)cc(C(Br)c2c(F)cc(F)cc2F)c1. The van der Waals surface area contributed by atoms with Crippen LogP contribution >= 0.6 is 15.9 Å². The van der Waals surface area contributed by atoms with E-state index in [0.717, 1.165) is 12.1 Å². The van der Waals surface area contributed by atoms with Crippen LogP contribution in [0.1, 0.15) is 16.0 Å². The minimum absolute atomic E-state index is 0.0121. The van der Waals surface area contributed by atoms with E-state index in [2.05, 4.69) is 15.9 Å². The Morgan fingerprint density at radius 2 is 1.11 bits per heavy atom. The van der Waals surface area contributed by atoms with E-state index in [-0.39, 0.29) is 5.56 Å². The summed E-state index contributed by atoms with van der Waals surface area (Å²) in [4.78, 5) is -1.13. The molecule has 2 aromatic rings. The predicted molar refractivity (Wildman–Crippen MR) is 63.4 cm³/mol. The van der Waals surface area contributed by atoms with Gasteiger partial charge in [0.05, 0.1) is 4.83 Å². The maximum Gasteiger partial charge on any atom is 0.133 e. The molecule has 6 heteroatoms. The largest absolute Gasteiger partial charge is 0.207 e. The molecule has 0 aliphatic heterocycles. The average molecular weight is 337 g/mol. The molecule has 100 valence electrons. The lowest BCUT2D eigenvalue weighted by Gasteiger charge is -2.13. The molecule has 0 saturated carbocycles. The topological polar surface area (TPSA) is 0 Å². The van der Waals surface area contributed by atoms with E-state index in [1.165, 1.54) is 0 Å². The number of hydrogen-bond donors (Lipinski definition) is 0. The van der Waals surface area contributed by atoms with Gasteiger partial charge in [-0.1, -0.05) is 15.9 Å². The lowest BCUT2D eigenvalue weighted by molar-refractivity contribution is 0.526. The van der Waals surface area contributed by atoms with Crippen molar-refractivity contribution < 1.29 is 22.0 Å². The Labute approximate surface area is 114 Å². The molecule has 1 atom stereocenters. The van der Waals surface area contributed by atoms with E-state index in [9.17, 15) is 22.0 Å². The van der Waals surface area contributed by atoms with Gasteiger partial charge in [0, 0.05) is 23.8 Å². The lowest BCUT2D eigenvalue weighted by Crippen LogP contribution is -2.03. The van der Waals surface area contributed by atoms with Gasteiger partial charge < -0.3 is 0 Å². The van der Waals surface area contributed by atoms with Crippen LogP contribution in [0.25, 0.3) is 0 Å². The third-order valence-corrected chi connectivity index (χ3v) is 3.46. The molecule has 1 unspecified atom stereocenters. The Morgan fingerprint density at radius 1 is 0.684 bits per heavy atom. The zero-order valence-corrected chi connectivity index (χ0v) is 10.8. The van der Waals surface area contributed by atoms with Gasteiger partial charge in [0.2, 0.25) is 0 Å². The van der Waals surface area contributed by atoms with Crippen molar-refractivity contribution in [3.63, 3.8) is 0 Å². The van der Waals surface area contributed by atoms with E-state index in [1.807, 2.05) is 0 Å². The average Bonchev–Trinajstić information content (AvgIpc) is 2.25. The summed E-state index contributed by atoms with van der Waals surface area (Å²) < 4.78 is 66.0. The summed E-state index contributed by atoms with van der Waals surface area (Å²) in [7, 11) is 0. The van der Waals surface area contributed by atoms with Crippen molar-refractivity contribution in [1.29, 1.82) is 0 Å². The van der Waals surface area contributed by atoms with Gasteiger partial charge in [-0.3, -0.25) is 0 Å². The van der Waals surface area contributed by atoms with Gasteiger partial charge in [-0.15, -0.1) is 0 Å². The highest BCUT2D eigenvalue weighted by atomic mass is 79.9. The van der Waals surface area contributed by atoms with Crippen molar-refractivity contribution in [3.8, 4) is 0 Å². The monoisotopic (exact) mass is 336 g/mol. The van der Waals surface area contributed by atoms with Crippen LogP contribution in [0.15, 0.2) is 30.3 Å². The molecular formula is C13H6BrF5. The zero-order chi connectivity index (χ0) is 14.2. The van der Waals surface area contributed by atoms with Crippen LogP contribution in [0.2, 0.25) is 0 Å². The molecule has 0 N–H and O–H groups in total. The first kappa shape index (κ1) is 14.0. The smallest absolute Gasteiger partial charge is 0.133 e. The van der Waals surface area contributed by atoms with Crippen molar-refractivity contribution >= 4 is 15.9 Å². The maximum absolute atomic E-state index is 13.6. The van der Waals surface area contributed by atoms with Crippen molar-refractivity contribution in [1.82, 2.24) is 0 Å². The fourth-order valence-electron chi connectivity index (χ4n) is 1.68. The first-order valence-corrected chi connectivity index (χ1v) is 6.04. The summed E-state index contributed by atoms with van der Waals surface area (Å²) >= 11 is 2.95. The second kappa shape index (κ2) is 5.28. The first-order chi connectivity index (χ1) is 8.88. The Bertz CT molecular complexity index is 583. The summed E-state index contributed by atoms with van der Waals surface area (Å²) in [5, 5.41) is 0. The molecule has 0 bridgehead atoms. The summed E-state index contributed by atoms with van der Waals surface area (Å²) in [5.74, 6) is -5.08. The third-order valence-electron chi connectivity index (χ3n) is 2.47. The van der Waals surface area contributed by atoms with Gasteiger partial charge in [0.1, 0.15) is 29.1 Å². The van der Waals surface area contributed by atoms with E-state index in [1.54, 1.807) is 0 Å². The van der Waals surface area contributed by atoms with Gasteiger partial charge in [0.25, 0.3) is 0 Å². The predicted octanol–water partition coefficient (Wildman–Crippen LogP) is 4.87. The molecule has 0 spiro atoms. The third kappa shape index (κ3) is 2.94. The van der Waals surface area contributed by atoms with Crippen LogP contribution in [-0.2, 0) is 0 Å². The van der Waals surface area contributed by atoms with Crippen molar-refractivity contribution in [3.05, 3.63) is 70.5 Å². The molecule has 0 amide bonds. The Morgan fingerprint density at radius 3 is 1.58 bits per heavy atom. The van der Waals surface area contributed by atoms with Crippen molar-refractivity contribution in [2.75, 3.05) is 0 Å². The van der Waals surface area contributed by atoms with Crippen LogP contribution in [0.4, 0.5) is 22.0 Å². The Hall–Kier alpha value is -1.43. The number of rotatable bonds is 2. The number of benzene rings is 2. The zero-order valence-electron chi connectivity index (χ0n) is 9.23. The maximum atomic E-state index is 13.6. The van der Waals surface area contributed by atoms with E-state index >= 15 is 0 Å². The van der Waals surface area contributed by atoms with Gasteiger partial charge >= 0.3 is 0 Å². The van der Waals surface area contributed by atoms with Crippen molar-refractivity contribution in [2.45, 2.75) is 4.83 Å². The highest BCUT2D eigenvalue weighted by Gasteiger charge is 2.21. The normalized spacial score (nSPS) is 12.5. The highest BCUT2D eigenvalue weighted by Crippen LogP contribution is 2.35. The standard InChI is InChI=1S/C13H6BrF5/c14-13(6-1-7(15)3-8(16)2-6)12-10(18)4-9(17)5-11(12)19/h1-5,13H. The van der Waals surface area contributed by atoms with Gasteiger partial charge in [-0.25, -0.2) is 22.0 Å². The molecule has 0 aliphatic carbocycles. The molecular weight excluding hydrogens is 331 g/mol. The minimum atomic E-state index is -1.14. The molecule has 2 rings (SSSR count). The molecule has 2 aromatic carbocycles. The second-order valence-corrected chi connectivity index (χ2v) is 4.76. The van der Waals surface area contributed by atoms with E-state index in [4.69, 9.17) is 0 Å². The number of alkyl halides is 1. The molecule has 0 nitrogen and oxygen atoms in total. The van der Waals surface area contributed by atoms with Crippen LogP contribution in [0.5, 0.6) is 0 Å². The molecule has 0 fully saturated rings. The number of halogens is 6. The quantitative estimate of drug-likeness (QED) is 0.542. The summed E-state index contributed by atoms with van der Waals surface area (Å²) in [6, 6.07) is 3.51. The van der Waals surface area contributed by atoms with Crippen LogP contribution in [0.3, 0.4) is 0 Å². The summed E-state index contributed by atoms with van der Waals surface area (Å²) in [5.41, 5.74) is -0.520. The molecule has 0 aliphatic rings. The molecule has 19 heavy (non-hydrogen) atoms. The summed E-state index contributed by atoms with van der Waals surface area (Å²) in [6.07, 6.45) is 0. The fourth-order valence-corrected chi connectivity index (χ4v) is 2.39. The molecule has 0 radical (unpaired) electrons. The molecule has 0 aromatic heterocycles. The highest BCUT2D eigenvalue weighted by molar-refractivity contribution is 9.09. The first-order valence-electron chi connectivity index (χ1n) is 5.13.